The lowest BCUT2D eigenvalue weighted by molar-refractivity contribution is -0.121. The highest BCUT2D eigenvalue weighted by Gasteiger charge is 2.23. The first-order valence-electron chi connectivity index (χ1n) is 8.91. The minimum Gasteiger partial charge on any atom is -0.354 e. The van der Waals surface area contributed by atoms with Crippen LogP contribution in [0.5, 0.6) is 0 Å². The van der Waals surface area contributed by atoms with E-state index in [9.17, 15) is 4.79 Å². The van der Waals surface area contributed by atoms with Crippen molar-refractivity contribution in [2.75, 3.05) is 19.6 Å². The monoisotopic (exact) mass is 342 g/mol. The zero-order valence-corrected chi connectivity index (χ0v) is 14.9. The molecule has 1 N–H and O–H groups in total. The molecule has 128 valence electrons. The van der Waals surface area contributed by atoms with Gasteiger partial charge in [-0.1, -0.05) is 36.4 Å². The second-order valence-electron chi connectivity index (χ2n) is 6.41. The van der Waals surface area contributed by atoms with Crippen LogP contribution in [0.1, 0.15) is 42.2 Å². The van der Waals surface area contributed by atoms with Crippen molar-refractivity contribution in [2.24, 2.45) is 0 Å². The molecule has 1 aliphatic heterocycles. The van der Waals surface area contributed by atoms with E-state index in [0.29, 0.717) is 19.0 Å². The maximum Gasteiger partial charge on any atom is 0.220 e. The van der Waals surface area contributed by atoms with Crippen LogP contribution >= 0.6 is 11.3 Å². The van der Waals surface area contributed by atoms with E-state index in [4.69, 9.17) is 0 Å². The van der Waals surface area contributed by atoms with Crippen molar-refractivity contribution >= 4 is 17.2 Å². The number of aryl methyl sites for hydroxylation is 1. The largest absolute Gasteiger partial charge is 0.354 e. The number of nitrogens with zero attached hydrogens (tertiary/aromatic N) is 1. The van der Waals surface area contributed by atoms with Crippen molar-refractivity contribution in [3.63, 3.8) is 0 Å². The summed E-state index contributed by atoms with van der Waals surface area (Å²) in [7, 11) is 0. The van der Waals surface area contributed by atoms with Crippen molar-refractivity contribution in [3.8, 4) is 0 Å². The number of benzene rings is 1. The first kappa shape index (κ1) is 17.2. The predicted molar refractivity (Wildman–Crippen MR) is 100 cm³/mol. The molecule has 0 spiro atoms. The quantitative estimate of drug-likeness (QED) is 0.786. The average Bonchev–Trinajstić information content (AvgIpc) is 3.30. The number of hydrogen-bond donors (Lipinski definition) is 1. The summed E-state index contributed by atoms with van der Waals surface area (Å²) in [6.07, 6.45) is 5.06. The van der Waals surface area contributed by atoms with Gasteiger partial charge in [-0.15, -0.1) is 11.3 Å². The minimum atomic E-state index is 0.173. The van der Waals surface area contributed by atoms with Gasteiger partial charge < -0.3 is 5.32 Å². The van der Waals surface area contributed by atoms with Crippen LogP contribution in [0, 0.1) is 0 Å². The van der Waals surface area contributed by atoms with Crippen LogP contribution in [0.15, 0.2) is 47.8 Å². The van der Waals surface area contributed by atoms with Crippen molar-refractivity contribution < 1.29 is 4.79 Å². The Balaban J connectivity index is 1.48. The lowest BCUT2D eigenvalue weighted by Crippen LogP contribution is -2.36. The van der Waals surface area contributed by atoms with Crippen LogP contribution in [0.4, 0.5) is 0 Å². The van der Waals surface area contributed by atoms with Crippen molar-refractivity contribution in [2.45, 2.75) is 38.1 Å². The summed E-state index contributed by atoms with van der Waals surface area (Å²) in [5.41, 5.74) is 1.30. The summed E-state index contributed by atoms with van der Waals surface area (Å²) < 4.78 is 0. The third kappa shape index (κ3) is 4.92. The SMILES string of the molecule is O=C(CCCc1cccs1)NCC(c1ccccc1)N1CCCC1. The zero-order chi connectivity index (χ0) is 16.6. The lowest BCUT2D eigenvalue weighted by atomic mass is 10.1. The van der Waals surface area contributed by atoms with Crippen molar-refractivity contribution in [3.05, 3.63) is 58.3 Å². The standard InChI is InChI=1S/C20H26N2OS/c23-20(12-6-10-18-11-7-15-24-18)21-16-19(22-13-4-5-14-22)17-8-2-1-3-9-17/h1-3,7-9,11,15,19H,4-6,10,12-14,16H2,(H,21,23). The van der Waals surface area contributed by atoms with E-state index >= 15 is 0 Å². The Morgan fingerprint density at radius 1 is 1.12 bits per heavy atom. The predicted octanol–water partition coefficient (Wildman–Crippen LogP) is 4.02. The first-order valence-corrected chi connectivity index (χ1v) is 9.79. The van der Waals surface area contributed by atoms with Gasteiger partial charge in [-0.2, -0.15) is 0 Å². The van der Waals surface area contributed by atoms with Crippen LogP contribution in [-0.2, 0) is 11.2 Å². The van der Waals surface area contributed by atoms with Gasteiger partial charge in [0.2, 0.25) is 5.91 Å². The Morgan fingerprint density at radius 2 is 1.92 bits per heavy atom. The molecule has 0 radical (unpaired) electrons. The van der Waals surface area contributed by atoms with Gasteiger partial charge in [0, 0.05) is 17.8 Å². The molecule has 3 nitrogen and oxygen atoms in total. The van der Waals surface area contributed by atoms with Crippen LogP contribution < -0.4 is 5.32 Å². The molecule has 1 aliphatic rings. The fraction of sp³-hybridized carbons (Fsp3) is 0.450. The maximum atomic E-state index is 12.2. The molecule has 1 unspecified atom stereocenters. The second kappa shape index (κ2) is 9.00. The first-order chi connectivity index (χ1) is 11.8. The Hall–Kier alpha value is -1.65. The molecule has 1 atom stereocenters. The van der Waals surface area contributed by atoms with Gasteiger partial charge in [0.05, 0.1) is 6.04 Å². The topological polar surface area (TPSA) is 32.3 Å². The van der Waals surface area contributed by atoms with Crippen molar-refractivity contribution in [1.29, 1.82) is 0 Å². The van der Waals surface area contributed by atoms with Gasteiger partial charge in [-0.3, -0.25) is 9.69 Å². The number of carbonyl (C=O) groups excluding carboxylic acids is 1. The molecule has 2 aromatic rings. The highest BCUT2D eigenvalue weighted by Crippen LogP contribution is 2.24. The third-order valence-corrected chi connectivity index (χ3v) is 5.60. The molecular formula is C20H26N2OS. The van der Waals surface area contributed by atoms with E-state index in [1.54, 1.807) is 11.3 Å². The summed E-state index contributed by atoms with van der Waals surface area (Å²) in [5, 5.41) is 5.25. The van der Waals surface area contributed by atoms with E-state index in [-0.39, 0.29) is 5.91 Å². The van der Waals surface area contributed by atoms with Crippen LogP contribution in [0.25, 0.3) is 0 Å². The fourth-order valence-electron chi connectivity index (χ4n) is 3.36. The highest BCUT2D eigenvalue weighted by atomic mass is 32.1. The molecule has 0 aliphatic carbocycles. The molecule has 1 aromatic heterocycles. The second-order valence-corrected chi connectivity index (χ2v) is 7.44. The maximum absolute atomic E-state index is 12.2. The Morgan fingerprint density at radius 3 is 2.62 bits per heavy atom. The summed E-state index contributed by atoms with van der Waals surface area (Å²) in [6.45, 7) is 2.98. The third-order valence-electron chi connectivity index (χ3n) is 4.67. The Kier molecular flexibility index (Phi) is 6.44. The summed E-state index contributed by atoms with van der Waals surface area (Å²) in [5.74, 6) is 0.173. The molecule has 3 rings (SSSR count). The summed E-state index contributed by atoms with van der Waals surface area (Å²) in [4.78, 5) is 16.1. The van der Waals surface area contributed by atoms with Gasteiger partial charge in [0.15, 0.2) is 0 Å². The van der Waals surface area contributed by atoms with E-state index in [2.05, 4.69) is 52.0 Å². The van der Waals surface area contributed by atoms with Gasteiger partial charge in [0.1, 0.15) is 0 Å². The average molecular weight is 343 g/mol. The number of amides is 1. The highest BCUT2D eigenvalue weighted by molar-refractivity contribution is 7.09. The van der Waals surface area contributed by atoms with Crippen LogP contribution in [-0.4, -0.2) is 30.4 Å². The molecule has 2 heterocycles. The molecule has 1 saturated heterocycles. The van der Waals surface area contributed by atoms with Gasteiger partial charge in [-0.05, 0) is 55.8 Å². The van der Waals surface area contributed by atoms with Crippen molar-refractivity contribution in [1.82, 2.24) is 10.2 Å². The molecule has 24 heavy (non-hydrogen) atoms. The smallest absolute Gasteiger partial charge is 0.220 e. The number of likely N-dealkylation sites (tertiary alicyclic amines) is 1. The number of thiophene rings is 1. The normalized spacial score (nSPS) is 16.2. The van der Waals surface area contributed by atoms with Crippen LogP contribution in [0.3, 0.4) is 0 Å². The Bertz CT molecular complexity index is 606. The van der Waals surface area contributed by atoms with E-state index < -0.39 is 0 Å². The molecule has 4 heteroatoms. The fourth-order valence-corrected chi connectivity index (χ4v) is 4.11. The molecular weight excluding hydrogens is 316 g/mol. The lowest BCUT2D eigenvalue weighted by Gasteiger charge is -2.28. The van der Waals surface area contributed by atoms with Gasteiger partial charge in [0.25, 0.3) is 0 Å². The summed E-state index contributed by atoms with van der Waals surface area (Å²) >= 11 is 1.77. The molecule has 1 amide bonds. The molecule has 1 fully saturated rings. The van der Waals surface area contributed by atoms with Gasteiger partial charge in [-0.25, -0.2) is 0 Å². The number of carbonyl (C=O) groups is 1. The van der Waals surface area contributed by atoms with Gasteiger partial charge >= 0.3 is 0 Å². The molecule has 0 bridgehead atoms. The van der Waals surface area contributed by atoms with Crippen LogP contribution in [0.2, 0.25) is 0 Å². The number of nitrogens with one attached hydrogen (secondary N) is 1. The zero-order valence-electron chi connectivity index (χ0n) is 14.1. The number of rotatable bonds is 8. The summed E-state index contributed by atoms with van der Waals surface area (Å²) in [6, 6.07) is 15.1. The molecule has 0 saturated carbocycles. The minimum absolute atomic E-state index is 0.173. The number of hydrogen-bond acceptors (Lipinski definition) is 3. The van der Waals surface area contributed by atoms with E-state index in [1.165, 1.54) is 23.3 Å². The van der Waals surface area contributed by atoms with E-state index in [0.717, 1.165) is 25.9 Å². The van der Waals surface area contributed by atoms with E-state index in [1.807, 2.05) is 6.07 Å². The Labute approximate surface area is 148 Å². The molecule has 1 aromatic carbocycles.